The summed E-state index contributed by atoms with van der Waals surface area (Å²) in [7, 11) is 3.93. The molecular weight excluding hydrogens is 611 g/mol. The number of amides is 1. The second-order valence-corrected chi connectivity index (χ2v) is 12.6. The molecule has 1 unspecified atom stereocenters. The van der Waals surface area contributed by atoms with Crippen molar-refractivity contribution in [2.45, 2.75) is 53.4 Å². The van der Waals surface area contributed by atoms with Crippen LogP contribution in [0.4, 0.5) is 0 Å². The molecule has 0 spiro atoms. The molecule has 2 aliphatic rings. The molecule has 244 valence electrons. The van der Waals surface area contributed by atoms with E-state index in [1.807, 2.05) is 90.0 Å². The summed E-state index contributed by atoms with van der Waals surface area (Å²) in [6, 6.07) is 7.96. The van der Waals surface area contributed by atoms with Gasteiger partial charge in [0.25, 0.3) is 0 Å². The van der Waals surface area contributed by atoms with Gasteiger partial charge in [-0.3, -0.25) is 4.79 Å². The number of aliphatic carboxylic acids is 1. The van der Waals surface area contributed by atoms with Crippen molar-refractivity contribution in [1.82, 2.24) is 30.2 Å². The number of hydrogen-bond donors (Lipinski definition) is 3. The van der Waals surface area contributed by atoms with Gasteiger partial charge >= 0.3 is 29.6 Å². The average Bonchev–Trinajstić information content (AvgIpc) is 3.68. The van der Waals surface area contributed by atoms with Crippen LogP contribution in [0.5, 0.6) is 0 Å². The molecule has 8 bridgehead atoms. The summed E-state index contributed by atoms with van der Waals surface area (Å²) in [5.74, 6) is -1.69. The normalized spacial score (nSPS) is 13.4. The number of hydrogen-bond acceptors (Lipinski definition) is 6. The molecule has 1 amide bonds. The number of carboxylic acid groups (broad SMARTS) is 1. The second-order valence-electron chi connectivity index (χ2n) is 12.6. The maximum Gasteiger partial charge on any atom is 1.00 e. The SMILES string of the molecule is C=CC1=C(C)c2cc3[nH]c(cc4nc(cc5[nH]c(cc1n2)c(C)c5C(C)C(=O)NCCN(C)C)C(CCC(=O)[O-])=C4C)c(C)c3C=C.[Na+]. The summed E-state index contributed by atoms with van der Waals surface area (Å²) in [6.45, 7) is 19.3. The van der Waals surface area contributed by atoms with Gasteiger partial charge in [-0.15, -0.1) is 0 Å². The summed E-state index contributed by atoms with van der Waals surface area (Å²) in [4.78, 5) is 44.2. The number of carboxylic acids is 1. The van der Waals surface area contributed by atoms with Crippen LogP contribution in [0.3, 0.4) is 0 Å². The van der Waals surface area contributed by atoms with Crippen molar-refractivity contribution in [3.05, 3.63) is 88.5 Å². The Bertz CT molecular complexity index is 2050. The van der Waals surface area contributed by atoms with Crippen LogP contribution in [0.1, 0.15) is 84.6 Å². The molecule has 3 aromatic heterocycles. The zero-order chi connectivity index (χ0) is 34.2. The minimum Gasteiger partial charge on any atom is -0.550 e. The van der Waals surface area contributed by atoms with Gasteiger partial charge < -0.3 is 30.1 Å². The van der Waals surface area contributed by atoms with E-state index in [2.05, 4.69) is 28.4 Å². The van der Waals surface area contributed by atoms with Gasteiger partial charge in [-0.2, -0.15) is 0 Å². The number of nitrogens with one attached hydrogen (secondary N) is 3. The molecule has 10 heteroatoms. The summed E-state index contributed by atoms with van der Waals surface area (Å²) in [5, 5.41) is 14.6. The smallest absolute Gasteiger partial charge is 0.550 e. The minimum atomic E-state index is -1.12. The third-order valence-corrected chi connectivity index (χ3v) is 9.22. The number of rotatable bonds is 10. The van der Waals surface area contributed by atoms with Crippen LogP contribution in [0.25, 0.3) is 50.4 Å². The fourth-order valence-corrected chi connectivity index (χ4v) is 6.42. The molecule has 5 heterocycles. The van der Waals surface area contributed by atoms with Gasteiger partial charge in [-0.05, 0) is 119 Å². The van der Waals surface area contributed by atoms with Crippen LogP contribution in [-0.4, -0.2) is 63.9 Å². The molecule has 3 N–H and O–H groups in total. The van der Waals surface area contributed by atoms with Gasteiger partial charge in [0.2, 0.25) is 5.91 Å². The Labute approximate surface area is 304 Å². The molecule has 1 atom stereocenters. The first kappa shape index (κ1) is 36.8. The molecule has 5 rings (SSSR count). The zero-order valence-corrected chi connectivity index (χ0v) is 31.4. The Morgan fingerprint density at radius 3 is 2.10 bits per heavy atom. The monoisotopic (exact) mass is 654 g/mol. The van der Waals surface area contributed by atoms with Crippen molar-refractivity contribution < 1.29 is 44.3 Å². The van der Waals surface area contributed by atoms with E-state index in [9.17, 15) is 14.7 Å². The maximum atomic E-state index is 13.5. The predicted octanol–water partition coefficient (Wildman–Crippen LogP) is 2.94. The van der Waals surface area contributed by atoms with E-state index in [1.165, 1.54) is 0 Å². The van der Waals surface area contributed by atoms with Crippen molar-refractivity contribution in [3.63, 3.8) is 0 Å². The van der Waals surface area contributed by atoms with Crippen LogP contribution >= 0.6 is 0 Å². The summed E-state index contributed by atoms with van der Waals surface area (Å²) in [6.07, 6.45) is 3.78. The molecule has 0 aliphatic carbocycles. The number of carbonyl (C=O) groups is 2. The maximum absolute atomic E-state index is 13.5. The van der Waals surface area contributed by atoms with Crippen molar-refractivity contribution in [2.24, 2.45) is 0 Å². The number of allylic oxidation sites excluding steroid dienone is 5. The first-order valence-electron chi connectivity index (χ1n) is 15.9. The van der Waals surface area contributed by atoms with Gasteiger partial charge in [0.15, 0.2) is 0 Å². The molecule has 2 aliphatic heterocycles. The number of carbonyl (C=O) groups excluding carboxylic acids is 2. The Morgan fingerprint density at radius 1 is 0.875 bits per heavy atom. The van der Waals surface area contributed by atoms with Crippen molar-refractivity contribution in [3.8, 4) is 0 Å². The van der Waals surface area contributed by atoms with Crippen molar-refractivity contribution in [1.29, 1.82) is 0 Å². The fraction of sp³-hybridized carbons (Fsp3) is 0.316. The molecule has 9 nitrogen and oxygen atoms in total. The zero-order valence-electron chi connectivity index (χ0n) is 29.4. The molecule has 0 saturated heterocycles. The van der Waals surface area contributed by atoms with E-state index in [0.29, 0.717) is 12.2 Å². The molecule has 0 aromatic carbocycles. The average molecular weight is 655 g/mol. The third kappa shape index (κ3) is 7.20. The number of fused-ring (bicyclic) bond motifs is 8. The van der Waals surface area contributed by atoms with Crippen LogP contribution in [0.2, 0.25) is 0 Å². The van der Waals surface area contributed by atoms with Gasteiger partial charge in [-0.25, -0.2) is 9.97 Å². The van der Waals surface area contributed by atoms with E-state index < -0.39 is 11.9 Å². The largest absolute Gasteiger partial charge is 1.00 e. The van der Waals surface area contributed by atoms with E-state index in [0.717, 1.165) is 90.2 Å². The molecule has 3 aromatic rings. The number of aromatic nitrogens is 4. The summed E-state index contributed by atoms with van der Waals surface area (Å²) >= 11 is 0. The van der Waals surface area contributed by atoms with Crippen LogP contribution in [-0.2, 0) is 9.59 Å². The second kappa shape index (κ2) is 15.0. The summed E-state index contributed by atoms with van der Waals surface area (Å²) in [5.41, 5.74) is 13.6. The van der Waals surface area contributed by atoms with Crippen LogP contribution < -0.4 is 40.0 Å². The number of nitrogens with zero attached hydrogens (tertiary/aromatic N) is 3. The van der Waals surface area contributed by atoms with Gasteiger partial charge in [0.05, 0.1) is 28.7 Å². The Hall–Kier alpha value is -4.02. The van der Waals surface area contributed by atoms with Crippen LogP contribution in [0, 0.1) is 13.8 Å². The van der Waals surface area contributed by atoms with E-state index in [1.54, 1.807) is 0 Å². The topological polar surface area (TPSA) is 130 Å². The fourth-order valence-electron chi connectivity index (χ4n) is 6.42. The van der Waals surface area contributed by atoms with E-state index >= 15 is 0 Å². The number of H-pyrrole nitrogens is 2. The Morgan fingerprint density at radius 2 is 1.46 bits per heavy atom. The van der Waals surface area contributed by atoms with E-state index in [4.69, 9.17) is 9.97 Å². The van der Waals surface area contributed by atoms with Gasteiger partial charge in [0, 0.05) is 52.3 Å². The predicted molar refractivity (Wildman–Crippen MR) is 190 cm³/mol. The van der Waals surface area contributed by atoms with Crippen molar-refractivity contribution in [2.75, 3.05) is 27.2 Å². The quantitative estimate of drug-likeness (QED) is 0.289. The van der Waals surface area contributed by atoms with Gasteiger partial charge in [0.1, 0.15) is 0 Å². The standard InChI is InChI=1S/C38H44N6O3.Na/c1-10-25-20(3)28-16-29-22(5)27(12-13-36(45)46)34(42-29)19-35-37(24(7)38(47)39-14-15-44(8)9)23(6)31(43-35)18-33-26(11-2)21(4)30(41-33)17-32(25)40-28;/h10-11,16-19,24,40,43H,1-2,12-15H2,3-9H3,(H,39,47)(H,45,46);/q;+1/p-1. The third-order valence-electron chi connectivity index (χ3n) is 9.22. The first-order valence-corrected chi connectivity index (χ1v) is 15.9. The molecular formula is C38H43N6NaO3. The number of aryl methyl sites for hydroxylation is 2. The number of aromatic amines is 2. The van der Waals surface area contributed by atoms with Crippen LogP contribution in [0.15, 0.2) is 43.5 Å². The summed E-state index contributed by atoms with van der Waals surface area (Å²) < 4.78 is 0. The molecule has 0 fully saturated rings. The number of likely N-dealkylation sites (N-methyl/N-ethyl adjacent to an activating group) is 1. The van der Waals surface area contributed by atoms with E-state index in [-0.39, 0.29) is 48.3 Å². The molecule has 0 radical (unpaired) electrons. The molecule has 0 saturated carbocycles. The first-order chi connectivity index (χ1) is 22.3. The van der Waals surface area contributed by atoms with Crippen molar-refractivity contribution >= 4 is 62.3 Å². The Kier molecular flexibility index (Phi) is 11.5. The Balaban J connectivity index is 0.00000520. The van der Waals surface area contributed by atoms with Gasteiger partial charge in [-0.1, -0.05) is 25.3 Å². The minimum absolute atomic E-state index is 0. The molecule has 48 heavy (non-hydrogen) atoms.